The molecule has 6 N–H and O–H groups in total. The number of ketones is 2. The van der Waals surface area contributed by atoms with Crippen molar-refractivity contribution in [3.8, 4) is 57.5 Å². The minimum absolute atomic E-state index is 0.0249. The van der Waals surface area contributed by atoms with E-state index in [1.807, 2.05) is 0 Å². The number of hydrogen-bond donors (Lipinski definition) is 6. The average molecular weight is 605 g/mol. The molecular weight excluding hydrogens is 576 g/mol. The molecule has 0 saturated heterocycles. The zero-order valence-corrected chi connectivity index (χ0v) is 23.5. The molecule has 2 heterocycles. The third-order valence-corrected chi connectivity index (χ3v) is 7.12. The molecule has 0 amide bonds. The van der Waals surface area contributed by atoms with E-state index in [1.54, 1.807) is 24.3 Å². The number of hydrogen-bond acceptors (Lipinski definition) is 12. The average Bonchev–Trinajstić information content (AvgIpc) is 2.97. The maximum absolute atomic E-state index is 12.2. The van der Waals surface area contributed by atoms with Crippen LogP contribution in [-0.2, 0) is 0 Å². The number of carbonyl (C=O) groups is 2. The largest absolute Gasteiger partial charge is 0.508 e. The number of phenols is 6. The topological polar surface area (TPSA) is 192 Å². The third-order valence-electron chi connectivity index (χ3n) is 7.12. The van der Waals surface area contributed by atoms with Gasteiger partial charge in [0.15, 0.2) is 46.1 Å². The molecule has 2 aliphatic heterocycles. The van der Waals surface area contributed by atoms with E-state index in [9.17, 15) is 40.2 Å². The second-order valence-corrected chi connectivity index (χ2v) is 10.0. The second-order valence-electron chi connectivity index (χ2n) is 10.0. The number of ether oxygens (including phenoxy) is 4. The van der Waals surface area contributed by atoms with Crippen LogP contribution in [0.25, 0.3) is 0 Å². The first kappa shape index (κ1) is 29.7. The normalized spacial score (nSPS) is 16.8. The zero-order valence-electron chi connectivity index (χ0n) is 23.5. The molecule has 12 nitrogen and oxygen atoms in total. The van der Waals surface area contributed by atoms with Gasteiger partial charge in [-0.25, -0.2) is 0 Å². The molecule has 2 aliphatic rings. The second kappa shape index (κ2) is 11.8. The molecule has 44 heavy (non-hydrogen) atoms. The Morgan fingerprint density at radius 3 is 1.70 bits per heavy atom. The summed E-state index contributed by atoms with van der Waals surface area (Å²) in [6, 6.07) is 14.2. The van der Waals surface area contributed by atoms with Crippen molar-refractivity contribution < 1.29 is 59.2 Å². The summed E-state index contributed by atoms with van der Waals surface area (Å²) >= 11 is 0. The first-order chi connectivity index (χ1) is 21.0. The number of methoxy groups -OCH3 is 2. The van der Waals surface area contributed by atoms with Gasteiger partial charge in [0.2, 0.25) is 0 Å². The molecule has 0 saturated carbocycles. The monoisotopic (exact) mass is 604 g/mol. The lowest BCUT2D eigenvalue weighted by Crippen LogP contribution is -2.20. The number of rotatable bonds is 4. The molecule has 0 spiro atoms. The van der Waals surface area contributed by atoms with E-state index in [1.165, 1.54) is 38.5 Å². The van der Waals surface area contributed by atoms with Crippen LogP contribution in [-0.4, -0.2) is 56.4 Å². The van der Waals surface area contributed by atoms with Gasteiger partial charge < -0.3 is 49.6 Å². The van der Waals surface area contributed by atoms with Crippen LogP contribution < -0.4 is 18.9 Å². The lowest BCUT2D eigenvalue weighted by molar-refractivity contribution is 0.0833. The van der Waals surface area contributed by atoms with Gasteiger partial charge in [0.1, 0.15) is 40.8 Å². The van der Waals surface area contributed by atoms with Gasteiger partial charge in [-0.3, -0.25) is 9.59 Å². The van der Waals surface area contributed by atoms with Crippen LogP contribution in [0.4, 0.5) is 0 Å². The van der Waals surface area contributed by atoms with Crippen LogP contribution in [0.1, 0.15) is 56.9 Å². The van der Waals surface area contributed by atoms with E-state index < -0.39 is 12.2 Å². The van der Waals surface area contributed by atoms with Crippen LogP contribution in [0.5, 0.6) is 57.5 Å². The fraction of sp³-hybridized carbons (Fsp3) is 0.188. The van der Waals surface area contributed by atoms with Gasteiger partial charge in [0.25, 0.3) is 0 Å². The summed E-state index contributed by atoms with van der Waals surface area (Å²) in [6.45, 7) is 0. The number of carbonyl (C=O) groups excluding carboxylic acids is 2. The van der Waals surface area contributed by atoms with E-state index in [0.29, 0.717) is 22.6 Å². The van der Waals surface area contributed by atoms with Crippen LogP contribution in [0.2, 0.25) is 0 Å². The van der Waals surface area contributed by atoms with Gasteiger partial charge in [-0.2, -0.15) is 0 Å². The Morgan fingerprint density at radius 2 is 1.14 bits per heavy atom. The van der Waals surface area contributed by atoms with Crippen molar-refractivity contribution in [2.45, 2.75) is 25.0 Å². The summed E-state index contributed by atoms with van der Waals surface area (Å²) in [5, 5.41) is 58.2. The molecule has 0 aromatic heterocycles. The van der Waals surface area contributed by atoms with Crippen molar-refractivity contribution in [2.75, 3.05) is 14.2 Å². The molecule has 0 aliphatic carbocycles. The van der Waals surface area contributed by atoms with Crippen LogP contribution in [0.3, 0.4) is 0 Å². The summed E-state index contributed by atoms with van der Waals surface area (Å²) in [6.07, 6.45) is -1.18. The van der Waals surface area contributed by atoms with Crippen molar-refractivity contribution >= 4 is 11.6 Å². The van der Waals surface area contributed by atoms with E-state index >= 15 is 0 Å². The molecule has 0 unspecified atom stereocenters. The van der Waals surface area contributed by atoms with E-state index in [2.05, 4.69) is 0 Å². The molecular formula is C32H28O12. The Balaban J connectivity index is 0.000000175. The summed E-state index contributed by atoms with van der Waals surface area (Å²) in [5.74, 6) is -0.869. The molecule has 12 heteroatoms. The Labute approximate surface area is 250 Å². The number of Topliss-reactive ketones (excluding diaryl/α,β-unsaturated/α-hetero) is 2. The smallest absolute Gasteiger partial charge is 0.174 e. The first-order valence-corrected chi connectivity index (χ1v) is 13.2. The van der Waals surface area contributed by atoms with Crippen LogP contribution in [0.15, 0.2) is 60.7 Å². The van der Waals surface area contributed by atoms with E-state index in [0.717, 1.165) is 12.1 Å². The minimum Gasteiger partial charge on any atom is -0.508 e. The minimum atomic E-state index is -0.632. The van der Waals surface area contributed by atoms with Crippen LogP contribution in [0, 0.1) is 0 Å². The van der Waals surface area contributed by atoms with Crippen molar-refractivity contribution in [1.82, 2.24) is 0 Å². The summed E-state index contributed by atoms with van der Waals surface area (Å²) < 4.78 is 21.3. The predicted molar refractivity (Wildman–Crippen MR) is 153 cm³/mol. The highest BCUT2D eigenvalue weighted by molar-refractivity contribution is 6.03. The Bertz CT molecular complexity index is 1760. The fourth-order valence-corrected chi connectivity index (χ4v) is 5.00. The Hall–Kier alpha value is -5.78. The Kier molecular flexibility index (Phi) is 7.99. The van der Waals surface area contributed by atoms with Crippen molar-refractivity contribution in [2.24, 2.45) is 0 Å². The van der Waals surface area contributed by atoms with E-state index in [4.69, 9.17) is 18.9 Å². The molecule has 0 fully saturated rings. The van der Waals surface area contributed by atoms with Gasteiger partial charge in [0, 0.05) is 18.2 Å². The number of fused-ring (bicyclic) bond motifs is 2. The summed E-state index contributed by atoms with van der Waals surface area (Å²) in [4.78, 5) is 24.4. The lowest BCUT2D eigenvalue weighted by Gasteiger charge is -2.26. The van der Waals surface area contributed by atoms with Gasteiger partial charge in [-0.15, -0.1) is 0 Å². The molecule has 6 rings (SSSR count). The highest BCUT2D eigenvalue weighted by Gasteiger charge is 2.32. The van der Waals surface area contributed by atoms with Gasteiger partial charge in [0.05, 0.1) is 32.6 Å². The van der Waals surface area contributed by atoms with Gasteiger partial charge in [-0.05, 0) is 41.5 Å². The first-order valence-electron chi connectivity index (χ1n) is 13.2. The highest BCUT2D eigenvalue weighted by Crippen LogP contribution is 2.44. The van der Waals surface area contributed by atoms with Crippen molar-refractivity contribution in [3.05, 3.63) is 82.9 Å². The third kappa shape index (κ3) is 5.77. The predicted octanol–water partition coefficient (Wildman–Crippen LogP) is 5.04. The lowest BCUT2D eigenvalue weighted by atomic mass is 9.95. The fourth-order valence-electron chi connectivity index (χ4n) is 5.00. The van der Waals surface area contributed by atoms with Gasteiger partial charge >= 0.3 is 0 Å². The zero-order chi connectivity index (χ0) is 31.7. The summed E-state index contributed by atoms with van der Waals surface area (Å²) in [5.41, 5.74) is 1.39. The number of aromatic hydroxyl groups is 6. The van der Waals surface area contributed by atoms with Crippen molar-refractivity contribution in [1.29, 1.82) is 0 Å². The van der Waals surface area contributed by atoms with Crippen LogP contribution >= 0.6 is 0 Å². The van der Waals surface area contributed by atoms with E-state index in [-0.39, 0.29) is 81.5 Å². The quantitative estimate of drug-likeness (QED) is 0.182. The number of phenolic OH excluding ortho intramolecular Hbond substituents is 6. The standard InChI is InChI=1S/2C16H14O6/c1-21-14-3-2-8(4-12(14)19)15-7-11(18)10-5-9(17)6-13(20)16(10)22-15;1-21-13-3-2-8(4-10(13)18)14-7-12(20)16-11(19)5-9(17)6-15(16)22-14/h2-6,15,17,19-20H,7H2,1H3;2-6,14,17-19H,7H2,1H3/t15-;14-/m10/s1. The number of benzene rings is 4. The molecule has 0 radical (unpaired) electrons. The molecule has 4 aromatic rings. The molecule has 4 aromatic carbocycles. The Morgan fingerprint density at radius 1 is 0.614 bits per heavy atom. The molecule has 228 valence electrons. The van der Waals surface area contributed by atoms with Crippen molar-refractivity contribution in [3.63, 3.8) is 0 Å². The maximum atomic E-state index is 12.2. The maximum Gasteiger partial charge on any atom is 0.174 e. The molecule has 2 atom stereocenters. The molecule has 0 bridgehead atoms. The SMILES string of the molecule is COc1ccc([C@@H]2CC(=O)c3c(O)cc(O)cc3O2)cc1O.COc1ccc([C@H]2CC(=O)c3cc(O)cc(O)c3O2)cc1O. The van der Waals surface area contributed by atoms with Gasteiger partial charge in [-0.1, -0.05) is 12.1 Å². The summed E-state index contributed by atoms with van der Waals surface area (Å²) in [7, 11) is 2.88. The highest BCUT2D eigenvalue weighted by atomic mass is 16.5.